The van der Waals surface area contributed by atoms with Crippen LogP contribution in [0.2, 0.25) is 0 Å². The quantitative estimate of drug-likeness (QED) is 0.311. The molecule has 33 heavy (non-hydrogen) atoms. The van der Waals surface area contributed by atoms with Gasteiger partial charge in [-0.25, -0.2) is 4.98 Å². The van der Waals surface area contributed by atoms with Gasteiger partial charge in [0.1, 0.15) is 18.3 Å². The lowest BCUT2D eigenvalue weighted by molar-refractivity contribution is -0.142. The number of para-hydroxylation sites is 2. The van der Waals surface area contributed by atoms with Crippen molar-refractivity contribution < 1.29 is 14.3 Å². The number of thioether (sulfide) groups is 1. The number of methoxy groups -OCH3 is 1. The third kappa shape index (κ3) is 3.82. The molecular weight excluding hydrogens is 434 g/mol. The Labute approximate surface area is 196 Å². The van der Waals surface area contributed by atoms with Crippen LogP contribution in [0.15, 0.2) is 65.8 Å². The van der Waals surface area contributed by atoms with E-state index >= 15 is 0 Å². The Bertz CT molecular complexity index is 1350. The number of aromatic nitrogens is 2. The zero-order valence-corrected chi connectivity index (χ0v) is 19.6. The Morgan fingerprint density at radius 2 is 2.06 bits per heavy atom. The van der Waals surface area contributed by atoms with E-state index in [1.165, 1.54) is 18.2 Å². The lowest BCUT2D eigenvalue weighted by Crippen LogP contribution is -2.15. The van der Waals surface area contributed by atoms with Gasteiger partial charge in [0.2, 0.25) is 0 Å². The van der Waals surface area contributed by atoms with Crippen molar-refractivity contribution in [3.63, 3.8) is 0 Å². The highest BCUT2D eigenvalue weighted by molar-refractivity contribution is 7.98. The van der Waals surface area contributed by atoms with E-state index in [1.807, 2.05) is 36.4 Å². The van der Waals surface area contributed by atoms with Gasteiger partial charge in [-0.1, -0.05) is 42.1 Å². The van der Waals surface area contributed by atoms with Gasteiger partial charge in [0.05, 0.1) is 23.8 Å². The molecule has 6 nitrogen and oxygen atoms in total. The number of hydrogen-bond acceptors (Lipinski definition) is 6. The summed E-state index contributed by atoms with van der Waals surface area (Å²) in [5.41, 5.74) is 7.45. The van der Waals surface area contributed by atoms with E-state index < -0.39 is 0 Å². The van der Waals surface area contributed by atoms with Crippen LogP contribution in [0.5, 0.6) is 5.75 Å². The maximum absolute atomic E-state index is 11.9. The molecule has 0 bridgehead atoms. The van der Waals surface area contributed by atoms with Crippen LogP contribution in [-0.2, 0) is 16.1 Å². The summed E-state index contributed by atoms with van der Waals surface area (Å²) in [7, 11) is 1.40. The Morgan fingerprint density at radius 1 is 1.21 bits per heavy atom. The number of carbonyl (C=O) groups excluding carboxylic acids is 1. The third-order valence-corrected chi connectivity index (χ3v) is 6.77. The topological polar surface area (TPSA) is 65.4 Å². The second-order valence-corrected chi connectivity index (χ2v) is 8.75. The highest BCUT2D eigenvalue weighted by Crippen LogP contribution is 2.37. The molecule has 0 saturated carbocycles. The number of hydrogen-bond donors (Lipinski definition) is 1. The molecule has 3 aromatic carbocycles. The van der Waals surface area contributed by atoms with Crippen molar-refractivity contribution in [2.45, 2.75) is 24.5 Å². The molecule has 1 aromatic heterocycles. The summed E-state index contributed by atoms with van der Waals surface area (Å²) in [5, 5.41) is 4.47. The SMILES string of the molecule is COC(=O)C1COc2cc(NCc3cccc(-n4c(SC)nc5ccccc54)c3C)ccc21. The van der Waals surface area contributed by atoms with Crippen LogP contribution in [0.25, 0.3) is 16.7 Å². The second kappa shape index (κ2) is 8.83. The van der Waals surface area contributed by atoms with Gasteiger partial charge >= 0.3 is 5.97 Å². The van der Waals surface area contributed by atoms with Crippen LogP contribution in [0, 0.1) is 6.92 Å². The highest BCUT2D eigenvalue weighted by Gasteiger charge is 2.31. The fourth-order valence-corrected chi connectivity index (χ4v) is 4.90. The van der Waals surface area contributed by atoms with Gasteiger partial charge in [0.25, 0.3) is 0 Å². The van der Waals surface area contributed by atoms with Crippen LogP contribution < -0.4 is 10.1 Å². The van der Waals surface area contributed by atoms with Crippen molar-refractivity contribution in [3.8, 4) is 11.4 Å². The highest BCUT2D eigenvalue weighted by atomic mass is 32.2. The van der Waals surface area contributed by atoms with Crippen molar-refractivity contribution in [2.24, 2.45) is 0 Å². The van der Waals surface area contributed by atoms with Gasteiger partial charge in [0.15, 0.2) is 5.16 Å². The van der Waals surface area contributed by atoms with E-state index in [0.29, 0.717) is 13.2 Å². The molecule has 0 radical (unpaired) electrons. The van der Waals surface area contributed by atoms with Gasteiger partial charge in [-0.05, 0) is 48.6 Å². The summed E-state index contributed by atoms with van der Waals surface area (Å²) in [6.07, 6.45) is 2.05. The summed E-state index contributed by atoms with van der Waals surface area (Å²) < 4.78 is 12.8. The van der Waals surface area contributed by atoms with E-state index in [4.69, 9.17) is 14.5 Å². The summed E-state index contributed by atoms with van der Waals surface area (Å²) in [6.45, 7) is 3.14. The minimum absolute atomic E-state index is 0.265. The summed E-state index contributed by atoms with van der Waals surface area (Å²) in [6, 6.07) is 20.5. The number of imidazole rings is 1. The van der Waals surface area contributed by atoms with Gasteiger partial charge < -0.3 is 14.8 Å². The van der Waals surface area contributed by atoms with Crippen molar-refractivity contribution >= 4 is 34.5 Å². The minimum Gasteiger partial charge on any atom is -0.492 e. The Kier molecular flexibility index (Phi) is 5.72. The lowest BCUT2D eigenvalue weighted by Gasteiger charge is -2.16. The molecule has 168 valence electrons. The molecular formula is C26H25N3O3S. The third-order valence-electron chi connectivity index (χ3n) is 6.13. The maximum Gasteiger partial charge on any atom is 0.316 e. The van der Waals surface area contributed by atoms with Gasteiger partial charge in [0, 0.05) is 23.9 Å². The van der Waals surface area contributed by atoms with Gasteiger partial charge in [-0.15, -0.1) is 0 Å². The number of anilines is 1. The number of nitrogens with one attached hydrogen (secondary N) is 1. The molecule has 2 heterocycles. The Morgan fingerprint density at radius 3 is 2.88 bits per heavy atom. The molecule has 0 spiro atoms. The van der Waals surface area contributed by atoms with Crippen molar-refractivity contribution in [3.05, 3.63) is 77.4 Å². The molecule has 1 unspecified atom stereocenters. The largest absolute Gasteiger partial charge is 0.492 e. The maximum atomic E-state index is 11.9. The van der Waals surface area contributed by atoms with E-state index in [2.05, 4.69) is 47.3 Å². The standard InChI is InChI=1S/C26H25N3O3S/c1-16-17(14-27-18-11-12-19-20(25(30)31-2)15-32-24(19)13-18)7-6-10-22(16)29-23-9-5-4-8-21(23)28-26(29)33-3/h4-13,20,27H,14-15H2,1-3H3. The van der Waals surface area contributed by atoms with Crippen LogP contribution in [0.4, 0.5) is 5.69 Å². The molecule has 1 aliphatic heterocycles. The van der Waals surface area contributed by atoms with Crippen molar-refractivity contribution in [1.29, 1.82) is 0 Å². The monoisotopic (exact) mass is 459 g/mol. The van der Waals surface area contributed by atoms with Crippen LogP contribution in [-0.4, -0.2) is 35.5 Å². The van der Waals surface area contributed by atoms with E-state index in [-0.39, 0.29) is 11.9 Å². The molecule has 7 heteroatoms. The van der Waals surface area contributed by atoms with E-state index in [0.717, 1.165) is 38.9 Å². The van der Waals surface area contributed by atoms with E-state index in [1.54, 1.807) is 11.8 Å². The van der Waals surface area contributed by atoms with Crippen LogP contribution in [0.1, 0.15) is 22.6 Å². The van der Waals surface area contributed by atoms with Crippen molar-refractivity contribution in [1.82, 2.24) is 9.55 Å². The fourth-order valence-electron chi connectivity index (χ4n) is 4.33. The molecule has 1 aliphatic rings. The zero-order valence-electron chi connectivity index (χ0n) is 18.8. The van der Waals surface area contributed by atoms with E-state index in [9.17, 15) is 4.79 Å². The number of benzene rings is 3. The normalized spacial score (nSPS) is 14.7. The summed E-state index contributed by atoms with van der Waals surface area (Å²) >= 11 is 1.65. The Balaban J connectivity index is 1.41. The molecule has 0 aliphatic carbocycles. The Hall–Kier alpha value is -3.45. The van der Waals surface area contributed by atoms with Crippen LogP contribution >= 0.6 is 11.8 Å². The molecule has 0 fully saturated rings. The van der Waals surface area contributed by atoms with Crippen molar-refractivity contribution in [2.75, 3.05) is 25.3 Å². The van der Waals surface area contributed by atoms with Crippen LogP contribution in [0.3, 0.4) is 0 Å². The first-order chi connectivity index (χ1) is 16.1. The first-order valence-corrected chi connectivity index (χ1v) is 12.0. The average molecular weight is 460 g/mol. The molecule has 5 rings (SSSR count). The molecule has 0 saturated heterocycles. The molecule has 1 N–H and O–H groups in total. The summed E-state index contributed by atoms with van der Waals surface area (Å²) in [4.78, 5) is 16.7. The predicted molar refractivity (Wildman–Crippen MR) is 132 cm³/mol. The number of ether oxygens (including phenoxy) is 2. The molecule has 4 aromatic rings. The van der Waals surface area contributed by atoms with Gasteiger partial charge in [-0.3, -0.25) is 9.36 Å². The lowest BCUT2D eigenvalue weighted by atomic mass is 10.0. The predicted octanol–water partition coefficient (Wildman–Crippen LogP) is 5.32. The number of esters is 1. The molecule has 1 atom stereocenters. The number of carbonyl (C=O) groups is 1. The average Bonchev–Trinajstić information content (AvgIpc) is 3.44. The number of rotatable bonds is 6. The fraction of sp³-hybridized carbons (Fsp3) is 0.231. The zero-order chi connectivity index (χ0) is 22.9. The number of nitrogens with zero attached hydrogens (tertiary/aromatic N) is 2. The smallest absolute Gasteiger partial charge is 0.316 e. The minimum atomic E-state index is -0.353. The van der Waals surface area contributed by atoms with Gasteiger partial charge in [-0.2, -0.15) is 0 Å². The first kappa shape index (κ1) is 21.4. The first-order valence-electron chi connectivity index (χ1n) is 10.8. The molecule has 0 amide bonds. The second-order valence-electron chi connectivity index (χ2n) is 7.98. The summed E-state index contributed by atoms with van der Waals surface area (Å²) in [5.74, 6) is 0.113. The number of fused-ring (bicyclic) bond motifs is 2.